The van der Waals surface area contributed by atoms with E-state index in [2.05, 4.69) is 11.3 Å². The van der Waals surface area contributed by atoms with Gasteiger partial charge in [-0.25, -0.2) is 4.79 Å². The lowest BCUT2D eigenvalue weighted by Gasteiger charge is -2.22. The van der Waals surface area contributed by atoms with E-state index in [-0.39, 0.29) is 11.9 Å². The van der Waals surface area contributed by atoms with Crippen LogP contribution in [-0.4, -0.2) is 26.3 Å². The molecule has 0 aliphatic carbocycles. The number of hydrogen-bond donors (Lipinski definition) is 0. The minimum absolute atomic E-state index is 0.159. The Morgan fingerprint density at radius 3 is 2.92 bits per heavy atom. The van der Waals surface area contributed by atoms with Crippen molar-refractivity contribution in [1.82, 2.24) is 0 Å². The van der Waals surface area contributed by atoms with E-state index >= 15 is 0 Å². The van der Waals surface area contributed by atoms with E-state index in [1.807, 2.05) is 0 Å². The first-order valence-corrected chi connectivity index (χ1v) is 4.10. The fraction of sp³-hybridized carbons (Fsp3) is 0.667. The maximum Gasteiger partial charge on any atom is 0.333 e. The molecule has 1 unspecified atom stereocenters. The van der Waals surface area contributed by atoms with Crippen molar-refractivity contribution in [2.45, 2.75) is 12.8 Å². The standard InChI is InChI=1S/C9H14O3/c1-7(9(10)11-2)8-4-3-5-12-6-8/h8H,1,3-6H2,2H3. The largest absolute Gasteiger partial charge is 0.466 e. The SMILES string of the molecule is C=C(C(=O)OC)C1CCCOC1. The molecule has 0 amide bonds. The topological polar surface area (TPSA) is 35.5 Å². The van der Waals surface area contributed by atoms with Gasteiger partial charge in [0.25, 0.3) is 0 Å². The maximum atomic E-state index is 11.0. The molecular weight excluding hydrogens is 156 g/mol. The van der Waals surface area contributed by atoms with Crippen molar-refractivity contribution < 1.29 is 14.3 Å². The van der Waals surface area contributed by atoms with Crippen LogP contribution in [0.1, 0.15) is 12.8 Å². The molecule has 0 saturated carbocycles. The molecule has 0 N–H and O–H groups in total. The lowest BCUT2D eigenvalue weighted by atomic mass is 9.95. The fourth-order valence-corrected chi connectivity index (χ4v) is 1.31. The van der Waals surface area contributed by atoms with Gasteiger partial charge in [-0.05, 0) is 12.8 Å². The van der Waals surface area contributed by atoms with Crippen molar-refractivity contribution in [1.29, 1.82) is 0 Å². The van der Waals surface area contributed by atoms with Crippen molar-refractivity contribution in [2.24, 2.45) is 5.92 Å². The van der Waals surface area contributed by atoms with Crippen LogP contribution in [-0.2, 0) is 14.3 Å². The van der Waals surface area contributed by atoms with E-state index in [4.69, 9.17) is 4.74 Å². The first-order valence-electron chi connectivity index (χ1n) is 4.10. The van der Waals surface area contributed by atoms with Gasteiger partial charge in [-0.2, -0.15) is 0 Å². The molecule has 0 bridgehead atoms. The maximum absolute atomic E-state index is 11.0. The Bertz CT molecular complexity index is 180. The molecule has 0 aromatic heterocycles. The molecular formula is C9H14O3. The molecule has 0 aromatic carbocycles. The zero-order valence-corrected chi connectivity index (χ0v) is 7.34. The van der Waals surface area contributed by atoms with Gasteiger partial charge >= 0.3 is 5.97 Å². The second-order valence-electron chi connectivity index (χ2n) is 2.93. The monoisotopic (exact) mass is 170 g/mol. The smallest absolute Gasteiger partial charge is 0.333 e. The summed E-state index contributed by atoms with van der Waals surface area (Å²) in [4.78, 5) is 11.0. The predicted octanol–water partition coefficient (Wildman–Crippen LogP) is 1.14. The minimum atomic E-state index is -0.314. The molecule has 1 atom stereocenters. The highest BCUT2D eigenvalue weighted by Gasteiger charge is 2.21. The number of esters is 1. The Hall–Kier alpha value is -0.830. The van der Waals surface area contributed by atoms with E-state index < -0.39 is 0 Å². The average Bonchev–Trinajstić information content (AvgIpc) is 2.17. The quantitative estimate of drug-likeness (QED) is 0.460. The third kappa shape index (κ3) is 2.08. The summed E-state index contributed by atoms with van der Waals surface area (Å²) in [5.41, 5.74) is 0.539. The van der Waals surface area contributed by atoms with E-state index in [1.165, 1.54) is 7.11 Å². The molecule has 1 aliphatic rings. The highest BCUT2D eigenvalue weighted by molar-refractivity contribution is 5.88. The predicted molar refractivity (Wildman–Crippen MR) is 44.7 cm³/mol. The molecule has 1 rings (SSSR count). The van der Waals surface area contributed by atoms with Gasteiger partial charge in [-0.3, -0.25) is 0 Å². The molecule has 0 spiro atoms. The number of ether oxygens (including phenoxy) is 2. The first-order chi connectivity index (χ1) is 5.75. The van der Waals surface area contributed by atoms with Crippen LogP contribution in [0.5, 0.6) is 0 Å². The zero-order valence-electron chi connectivity index (χ0n) is 7.34. The van der Waals surface area contributed by atoms with Gasteiger partial charge in [-0.15, -0.1) is 0 Å². The van der Waals surface area contributed by atoms with Gasteiger partial charge in [0.05, 0.1) is 13.7 Å². The van der Waals surface area contributed by atoms with E-state index in [0.717, 1.165) is 19.4 Å². The van der Waals surface area contributed by atoms with Crippen LogP contribution in [0, 0.1) is 5.92 Å². The molecule has 1 fully saturated rings. The van der Waals surface area contributed by atoms with E-state index in [1.54, 1.807) is 0 Å². The van der Waals surface area contributed by atoms with Gasteiger partial charge in [0.15, 0.2) is 0 Å². The fourth-order valence-electron chi connectivity index (χ4n) is 1.31. The Morgan fingerprint density at radius 1 is 1.67 bits per heavy atom. The normalized spacial score (nSPS) is 23.2. The number of rotatable bonds is 2. The Kier molecular flexibility index (Phi) is 3.29. The van der Waals surface area contributed by atoms with Crippen LogP contribution in [0.3, 0.4) is 0 Å². The summed E-state index contributed by atoms with van der Waals surface area (Å²) < 4.78 is 9.80. The zero-order chi connectivity index (χ0) is 8.97. The highest BCUT2D eigenvalue weighted by Crippen LogP contribution is 2.21. The summed E-state index contributed by atoms with van der Waals surface area (Å²) in [5, 5.41) is 0. The average molecular weight is 170 g/mol. The van der Waals surface area contributed by atoms with Crippen LogP contribution in [0.4, 0.5) is 0 Å². The molecule has 68 valence electrons. The first kappa shape index (κ1) is 9.26. The van der Waals surface area contributed by atoms with Crippen LogP contribution in [0.2, 0.25) is 0 Å². The number of carbonyl (C=O) groups excluding carboxylic acids is 1. The van der Waals surface area contributed by atoms with Crippen LogP contribution in [0.15, 0.2) is 12.2 Å². The highest BCUT2D eigenvalue weighted by atomic mass is 16.5. The second-order valence-corrected chi connectivity index (χ2v) is 2.93. The van der Waals surface area contributed by atoms with Crippen molar-refractivity contribution in [2.75, 3.05) is 20.3 Å². The van der Waals surface area contributed by atoms with Gasteiger partial charge in [0.1, 0.15) is 0 Å². The summed E-state index contributed by atoms with van der Waals surface area (Å²) in [7, 11) is 1.37. The van der Waals surface area contributed by atoms with E-state index in [9.17, 15) is 4.79 Å². The molecule has 1 heterocycles. The molecule has 0 radical (unpaired) electrons. The summed E-state index contributed by atoms with van der Waals surface area (Å²) in [6.45, 7) is 5.10. The minimum Gasteiger partial charge on any atom is -0.466 e. The molecule has 3 nitrogen and oxygen atoms in total. The van der Waals surface area contributed by atoms with Gasteiger partial charge in [0.2, 0.25) is 0 Å². The van der Waals surface area contributed by atoms with Crippen molar-refractivity contribution in [3.8, 4) is 0 Å². The number of methoxy groups -OCH3 is 1. The van der Waals surface area contributed by atoms with Crippen LogP contribution in [0.25, 0.3) is 0 Å². The third-order valence-corrected chi connectivity index (χ3v) is 2.10. The summed E-state index contributed by atoms with van der Waals surface area (Å²) in [6.07, 6.45) is 1.98. The third-order valence-electron chi connectivity index (χ3n) is 2.10. The molecule has 1 aliphatic heterocycles. The van der Waals surface area contributed by atoms with Crippen LogP contribution >= 0.6 is 0 Å². The second kappa shape index (κ2) is 4.26. The van der Waals surface area contributed by atoms with Crippen molar-refractivity contribution in [3.63, 3.8) is 0 Å². The molecule has 1 saturated heterocycles. The van der Waals surface area contributed by atoms with Gasteiger partial charge in [-0.1, -0.05) is 6.58 Å². The number of carbonyl (C=O) groups is 1. The Balaban J connectivity index is 2.45. The summed E-state index contributed by atoms with van der Waals surface area (Å²) in [6, 6.07) is 0. The van der Waals surface area contributed by atoms with Crippen molar-refractivity contribution >= 4 is 5.97 Å². The lowest BCUT2D eigenvalue weighted by molar-refractivity contribution is -0.137. The Morgan fingerprint density at radius 2 is 2.42 bits per heavy atom. The summed E-state index contributed by atoms with van der Waals surface area (Å²) in [5.74, 6) is -0.156. The summed E-state index contributed by atoms with van der Waals surface area (Å²) >= 11 is 0. The van der Waals surface area contributed by atoms with Gasteiger partial charge < -0.3 is 9.47 Å². The lowest BCUT2D eigenvalue weighted by Crippen LogP contribution is -2.23. The molecule has 0 aromatic rings. The number of hydrogen-bond acceptors (Lipinski definition) is 3. The molecule has 3 heteroatoms. The van der Waals surface area contributed by atoms with Crippen molar-refractivity contribution in [3.05, 3.63) is 12.2 Å². The van der Waals surface area contributed by atoms with Crippen LogP contribution < -0.4 is 0 Å². The Labute approximate surface area is 72.4 Å². The molecule has 12 heavy (non-hydrogen) atoms. The van der Waals surface area contributed by atoms with E-state index in [0.29, 0.717) is 12.2 Å². The van der Waals surface area contributed by atoms with Gasteiger partial charge in [0, 0.05) is 18.1 Å².